The molecule has 0 amide bonds. The lowest BCUT2D eigenvalue weighted by atomic mass is 10.3. The number of pyridine rings is 1. The average molecular weight is 273 g/mol. The highest BCUT2D eigenvalue weighted by Crippen LogP contribution is 2.12. The Morgan fingerprint density at radius 2 is 2.17 bits per heavy atom. The minimum absolute atomic E-state index is 0.135. The molecule has 8 heteroatoms. The van der Waals surface area contributed by atoms with Crippen LogP contribution in [0.15, 0.2) is 23.2 Å². The Balaban J connectivity index is 2.85. The molecule has 1 atom stereocenters. The zero-order valence-electron chi connectivity index (χ0n) is 10.7. The summed E-state index contributed by atoms with van der Waals surface area (Å²) in [6.07, 6.45) is 1.39. The fourth-order valence-corrected chi connectivity index (χ4v) is 2.82. The van der Waals surface area contributed by atoms with Crippen molar-refractivity contribution in [3.05, 3.63) is 18.3 Å². The molecular formula is C10H19N5O2S. The summed E-state index contributed by atoms with van der Waals surface area (Å²) >= 11 is 0. The minimum atomic E-state index is -3.55. The third-order valence-electron chi connectivity index (χ3n) is 2.18. The molecule has 1 aromatic rings. The summed E-state index contributed by atoms with van der Waals surface area (Å²) in [6, 6.07) is 2.61. The van der Waals surface area contributed by atoms with Gasteiger partial charge in [-0.15, -0.1) is 0 Å². The van der Waals surface area contributed by atoms with E-state index in [-0.39, 0.29) is 10.9 Å². The van der Waals surface area contributed by atoms with Gasteiger partial charge in [-0.2, -0.15) is 0 Å². The fourth-order valence-electron chi connectivity index (χ4n) is 1.58. The summed E-state index contributed by atoms with van der Waals surface area (Å²) in [5.74, 6) is 5.50. The molecule has 0 aromatic carbocycles. The largest absolute Gasteiger partial charge is 0.308 e. The first kappa shape index (κ1) is 14.8. The van der Waals surface area contributed by atoms with Crippen molar-refractivity contribution >= 4 is 15.8 Å². The van der Waals surface area contributed by atoms with Crippen molar-refractivity contribution < 1.29 is 8.42 Å². The van der Waals surface area contributed by atoms with Crippen LogP contribution in [0.4, 0.5) is 5.82 Å². The van der Waals surface area contributed by atoms with Crippen molar-refractivity contribution in [3.63, 3.8) is 0 Å². The van der Waals surface area contributed by atoms with E-state index in [0.29, 0.717) is 12.4 Å². The van der Waals surface area contributed by atoms with E-state index in [1.54, 1.807) is 6.92 Å². The Kier molecular flexibility index (Phi) is 5.03. The zero-order valence-corrected chi connectivity index (χ0v) is 11.5. The molecule has 0 aliphatic rings. The number of likely N-dealkylation sites (N-methyl/N-ethyl adjacent to an activating group) is 1. The molecule has 0 saturated carbocycles. The molecule has 0 aliphatic carbocycles. The van der Waals surface area contributed by atoms with Crippen LogP contribution in [0.1, 0.15) is 6.92 Å². The highest BCUT2D eigenvalue weighted by Gasteiger charge is 2.18. The lowest BCUT2D eigenvalue weighted by molar-refractivity contribution is 0.370. The van der Waals surface area contributed by atoms with Gasteiger partial charge in [-0.1, -0.05) is 0 Å². The Morgan fingerprint density at radius 3 is 2.72 bits per heavy atom. The number of nitrogens with zero attached hydrogens (tertiary/aromatic N) is 2. The van der Waals surface area contributed by atoms with Gasteiger partial charge < -0.3 is 10.3 Å². The molecular weight excluding hydrogens is 254 g/mol. The first-order valence-corrected chi connectivity index (χ1v) is 6.93. The maximum absolute atomic E-state index is 12.1. The zero-order chi connectivity index (χ0) is 13.8. The highest BCUT2D eigenvalue weighted by atomic mass is 32.2. The van der Waals surface area contributed by atoms with Crippen LogP contribution in [0.25, 0.3) is 0 Å². The summed E-state index contributed by atoms with van der Waals surface area (Å²) in [5, 5.41) is 0. The van der Waals surface area contributed by atoms with Gasteiger partial charge in [0.2, 0.25) is 10.0 Å². The number of nitrogens with two attached hydrogens (primary N) is 1. The van der Waals surface area contributed by atoms with Crippen LogP contribution < -0.4 is 16.0 Å². The number of hydrogen-bond donors (Lipinski definition) is 3. The summed E-state index contributed by atoms with van der Waals surface area (Å²) < 4.78 is 26.7. The van der Waals surface area contributed by atoms with E-state index in [1.807, 2.05) is 19.0 Å². The van der Waals surface area contributed by atoms with Crippen LogP contribution in [-0.2, 0) is 10.0 Å². The Morgan fingerprint density at radius 1 is 1.50 bits per heavy atom. The molecule has 7 nitrogen and oxygen atoms in total. The summed E-state index contributed by atoms with van der Waals surface area (Å²) in [6.45, 7) is 2.42. The van der Waals surface area contributed by atoms with Crippen molar-refractivity contribution in [3.8, 4) is 0 Å². The number of hydrogen-bond acceptors (Lipinski definition) is 6. The number of anilines is 1. The molecule has 0 aliphatic heterocycles. The summed E-state index contributed by atoms with van der Waals surface area (Å²) in [7, 11) is 0.215. The van der Waals surface area contributed by atoms with Gasteiger partial charge in [-0.25, -0.2) is 24.0 Å². The average Bonchev–Trinajstić information content (AvgIpc) is 2.27. The summed E-state index contributed by atoms with van der Waals surface area (Å²) in [5.41, 5.74) is 2.31. The molecule has 0 spiro atoms. The lowest BCUT2D eigenvalue weighted by Crippen LogP contribution is -2.39. The van der Waals surface area contributed by atoms with E-state index in [1.165, 1.54) is 18.3 Å². The maximum atomic E-state index is 12.1. The van der Waals surface area contributed by atoms with Crippen molar-refractivity contribution in [2.24, 2.45) is 5.84 Å². The predicted molar refractivity (Wildman–Crippen MR) is 70.4 cm³/mol. The second-order valence-electron chi connectivity index (χ2n) is 4.31. The van der Waals surface area contributed by atoms with Gasteiger partial charge in [0.05, 0.1) is 4.90 Å². The minimum Gasteiger partial charge on any atom is -0.308 e. The second kappa shape index (κ2) is 6.10. The number of nitrogens with one attached hydrogen (secondary N) is 2. The van der Waals surface area contributed by atoms with Gasteiger partial charge in [0.25, 0.3) is 0 Å². The maximum Gasteiger partial charge on any atom is 0.241 e. The first-order valence-electron chi connectivity index (χ1n) is 5.45. The van der Waals surface area contributed by atoms with Gasteiger partial charge in [-0.05, 0) is 27.1 Å². The predicted octanol–water partition coefficient (Wildman–Crippen LogP) is -0.404. The Labute approximate surface area is 107 Å². The van der Waals surface area contributed by atoms with Crippen LogP contribution in [0.2, 0.25) is 0 Å². The topological polar surface area (TPSA) is 100 Å². The van der Waals surface area contributed by atoms with Gasteiger partial charge >= 0.3 is 0 Å². The van der Waals surface area contributed by atoms with E-state index in [0.717, 1.165) is 0 Å². The molecule has 0 radical (unpaired) electrons. The Hall–Kier alpha value is -1.22. The number of sulfonamides is 1. The van der Waals surface area contributed by atoms with E-state index in [2.05, 4.69) is 15.1 Å². The lowest BCUT2D eigenvalue weighted by Gasteiger charge is -2.18. The smallest absolute Gasteiger partial charge is 0.241 e. The Bertz CT molecular complexity index is 489. The van der Waals surface area contributed by atoms with Crippen LogP contribution in [0.3, 0.4) is 0 Å². The number of hydrazine groups is 1. The van der Waals surface area contributed by atoms with Crippen molar-refractivity contribution in [2.75, 3.05) is 26.1 Å². The number of nitrogen functional groups attached to an aromatic ring is 1. The normalized spacial score (nSPS) is 13.6. The molecule has 4 N–H and O–H groups in total. The van der Waals surface area contributed by atoms with E-state index < -0.39 is 10.0 Å². The third-order valence-corrected chi connectivity index (χ3v) is 3.77. The standard InChI is InChI=1S/C10H19N5O2S/c1-8(7-15(2)3)14-18(16,17)9-4-5-12-10(6-9)13-11/h4-6,8,14H,7,11H2,1-3H3,(H,12,13). The molecule has 102 valence electrons. The van der Waals surface area contributed by atoms with Gasteiger partial charge in [0, 0.05) is 24.8 Å². The van der Waals surface area contributed by atoms with E-state index >= 15 is 0 Å². The molecule has 0 saturated heterocycles. The number of aromatic nitrogens is 1. The quantitative estimate of drug-likeness (QED) is 0.481. The van der Waals surface area contributed by atoms with Crippen LogP contribution >= 0.6 is 0 Å². The molecule has 1 unspecified atom stereocenters. The fraction of sp³-hybridized carbons (Fsp3) is 0.500. The van der Waals surface area contributed by atoms with Crippen LogP contribution in [0.5, 0.6) is 0 Å². The third kappa shape index (κ3) is 4.22. The van der Waals surface area contributed by atoms with Crippen molar-refractivity contribution in [1.82, 2.24) is 14.6 Å². The SMILES string of the molecule is CC(CN(C)C)NS(=O)(=O)c1ccnc(NN)c1. The molecule has 0 bridgehead atoms. The second-order valence-corrected chi connectivity index (χ2v) is 6.02. The molecule has 0 fully saturated rings. The van der Waals surface area contributed by atoms with Crippen molar-refractivity contribution in [2.45, 2.75) is 17.9 Å². The molecule has 18 heavy (non-hydrogen) atoms. The number of rotatable bonds is 6. The van der Waals surface area contributed by atoms with Crippen LogP contribution in [-0.4, -0.2) is 45.0 Å². The van der Waals surface area contributed by atoms with E-state index in [4.69, 9.17) is 5.84 Å². The van der Waals surface area contributed by atoms with Gasteiger partial charge in [0.15, 0.2) is 0 Å². The molecule has 1 aromatic heterocycles. The highest BCUT2D eigenvalue weighted by molar-refractivity contribution is 7.89. The first-order chi connectivity index (χ1) is 8.35. The van der Waals surface area contributed by atoms with E-state index in [9.17, 15) is 8.42 Å². The van der Waals surface area contributed by atoms with Crippen LogP contribution in [0, 0.1) is 0 Å². The van der Waals surface area contributed by atoms with Gasteiger partial charge in [-0.3, -0.25) is 0 Å². The molecule has 1 rings (SSSR count). The van der Waals surface area contributed by atoms with Crippen molar-refractivity contribution in [1.29, 1.82) is 0 Å². The summed E-state index contributed by atoms with van der Waals surface area (Å²) in [4.78, 5) is 5.91. The van der Waals surface area contributed by atoms with Gasteiger partial charge in [0.1, 0.15) is 5.82 Å². The molecule has 1 heterocycles. The monoisotopic (exact) mass is 273 g/mol.